The van der Waals surface area contributed by atoms with Gasteiger partial charge in [0.2, 0.25) is 0 Å². The Morgan fingerprint density at radius 3 is 1.69 bits per heavy atom. The summed E-state index contributed by atoms with van der Waals surface area (Å²) < 4.78 is 0. The Morgan fingerprint density at radius 2 is 1.22 bits per heavy atom. The summed E-state index contributed by atoms with van der Waals surface area (Å²) in [5.74, 6) is -0.414. The SMILES string of the molecule is CCCCCCCCCCCCCCCCCC(=O)O.Oc1cccc2cccnc12.[MgH2]. The number of aromatic hydroxyl groups is 1. The molecule has 0 radical (unpaired) electrons. The molecule has 2 aromatic rings. The van der Waals surface area contributed by atoms with Crippen LogP contribution in [0, 0.1) is 0 Å². The van der Waals surface area contributed by atoms with Crippen LogP contribution in [0.5, 0.6) is 5.75 Å². The van der Waals surface area contributed by atoms with Gasteiger partial charge in [-0.1, -0.05) is 115 Å². The predicted octanol–water partition coefficient (Wildman–Crippen LogP) is 7.36. The van der Waals surface area contributed by atoms with Crippen LogP contribution in [-0.4, -0.2) is 44.2 Å². The molecule has 1 aromatic heterocycles. The van der Waals surface area contributed by atoms with E-state index in [0.29, 0.717) is 11.9 Å². The van der Waals surface area contributed by atoms with Crippen LogP contribution in [0.4, 0.5) is 0 Å². The number of rotatable bonds is 16. The van der Waals surface area contributed by atoms with Crippen molar-refractivity contribution in [3.63, 3.8) is 0 Å². The second-order valence-corrected chi connectivity index (χ2v) is 8.45. The molecular formula is C27H45MgNO3. The van der Waals surface area contributed by atoms with Crippen molar-refractivity contribution in [1.29, 1.82) is 0 Å². The second kappa shape index (κ2) is 21.5. The van der Waals surface area contributed by atoms with Crippen molar-refractivity contribution in [1.82, 2.24) is 4.98 Å². The van der Waals surface area contributed by atoms with E-state index in [1.165, 1.54) is 83.5 Å². The molecule has 1 aromatic carbocycles. The summed E-state index contributed by atoms with van der Waals surface area (Å²) in [5, 5.41) is 18.8. The summed E-state index contributed by atoms with van der Waals surface area (Å²) >= 11 is 0. The van der Waals surface area contributed by atoms with E-state index >= 15 is 0 Å². The van der Waals surface area contributed by atoms with E-state index in [0.717, 1.165) is 18.2 Å². The molecule has 0 spiro atoms. The average Bonchev–Trinajstić information content (AvgIpc) is 2.77. The van der Waals surface area contributed by atoms with Gasteiger partial charge >= 0.3 is 29.0 Å². The van der Waals surface area contributed by atoms with Crippen LogP contribution in [0.3, 0.4) is 0 Å². The number of benzene rings is 1. The number of hydrogen-bond donors (Lipinski definition) is 2. The molecule has 0 bridgehead atoms. The summed E-state index contributed by atoms with van der Waals surface area (Å²) in [7, 11) is 0. The summed E-state index contributed by atoms with van der Waals surface area (Å²) in [6, 6.07) is 9.13. The maximum absolute atomic E-state index is 10.3. The number of aliphatic carboxylic acids is 1. The zero-order valence-electron chi connectivity index (χ0n) is 19.5. The van der Waals surface area contributed by atoms with Gasteiger partial charge in [0.1, 0.15) is 11.3 Å². The Kier molecular flexibility index (Phi) is 20.6. The minimum Gasteiger partial charge on any atom is -0.506 e. The molecule has 0 aliphatic carbocycles. The van der Waals surface area contributed by atoms with Crippen molar-refractivity contribution in [2.45, 2.75) is 110 Å². The number of phenolic OH excluding ortho intramolecular Hbond substituents is 1. The van der Waals surface area contributed by atoms with Gasteiger partial charge in [0.05, 0.1) is 0 Å². The molecule has 0 saturated heterocycles. The minimum atomic E-state index is -0.653. The number of pyridine rings is 1. The van der Waals surface area contributed by atoms with Gasteiger partial charge in [0.25, 0.3) is 0 Å². The Hall–Kier alpha value is -1.33. The van der Waals surface area contributed by atoms with Crippen molar-refractivity contribution in [3.05, 3.63) is 36.5 Å². The lowest BCUT2D eigenvalue weighted by Gasteiger charge is -2.03. The third-order valence-electron chi connectivity index (χ3n) is 5.61. The van der Waals surface area contributed by atoms with Crippen LogP contribution in [0.25, 0.3) is 10.9 Å². The quantitative estimate of drug-likeness (QED) is 0.205. The highest BCUT2D eigenvalue weighted by atomic mass is 24.3. The Bertz CT molecular complexity index is 703. The number of fused-ring (bicyclic) bond motifs is 1. The summed E-state index contributed by atoms with van der Waals surface area (Å²) in [6.07, 6.45) is 21.9. The predicted molar refractivity (Wildman–Crippen MR) is 139 cm³/mol. The van der Waals surface area contributed by atoms with Gasteiger partial charge in [-0.25, -0.2) is 0 Å². The molecule has 1 heterocycles. The smallest absolute Gasteiger partial charge is 0.316 e. The summed E-state index contributed by atoms with van der Waals surface area (Å²) in [4.78, 5) is 14.4. The van der Waals surface area contributed by atoms with Crippen molar-refractivity contribution in [3.8, 4) is 5.75 Å². The van der Waals surface area contributed by atoms with Gasteiger partial charge in [-0.05, 0) is 18.6 Å². The largest absolute Gasteiger partial charge is 0.506 e. The van der Waals surface area contributed by atoms with Gasteiger partial charge in [0, 0.05) is 18.0 Å². The number of unbranched alkanes of at least 4 members (excludes halogenated alkanes) is 14. The van der Waals surface area contributed by atoms with Crippen LogP contribution < -0.4 is 0 Å². The molecule has 2 rings (SSSR count). The van der Waals surface area contributed by atoms with Gasteiger partial charge < -0.3 is 10.2 Å². The molecule has 0 aliphatic heterocycles. The third kappa shape index (κ3) is 16.3. The van der Waals surface area contributed by atoms with E-state index in [4.69, 9.17) is 5.11 Å². The molecule has 5 heteroatoms. The fourth-order valence-corrected chi connectivity index (χ4v) is 3.74. The van der Waals surface area contributed by atoms with Crippen LogP contribution in [0.2, 0.25) is 0 Å². The van der Waals surface area contributed by atoms with E-state index < -0.39 is 5.97 Å². The maximum atomic E-state index is 10.3. The number of carboxylic acid groups (broad SMARTS) is 1. The average molecular weight is 456 g/mol. The lowest BCUT2D eigenvalue weighted by molar-refractivity contribution is -0.137. The number of carbonyl (C=O) groups is 1. The topological polar surface area (TPSA) is 70.4 Å². The second-order valence-electron chi connectivity index (χ2n) is 8.45. The maximum Gasteiger partial charge on any atom is 0.316 e. The molecule has 0 aliphatic rings. The number of hydrogen-bond acceptors (Lipinski definition) is 3. The lowest BCUT2D eigenvalue weighted by atomic mass is 10.0. The van der Waals surface area contributed by atoms with Crippen LogP contribution in [0.15, 0.2) is 36.5 Å². The Balaban J connectivity index is 0.000000668. The van der Waals surface area contributed by atoms with Crippen molar-refractivity contribution < 1.29 is 15.0 Å². The van der Waals surface area contributed by atoms with Crippen LogP contribution in [-0.2, 0) is 4.79 Å². The number of para-hydroxylation sites is 1. The molecule has 178 valence electrons. The van der Waals surface area contributed by atoms with Crippen molar-refractivity contribution >= 4 is 39.9 Å². The molecule has 0 atom stereocenters. The van der Waals surface area contributed by atoms with Gasteiger partial charge in [-0.3, -0.25) is 9.78 Å². The fraction of sp³-hybridized carbons (Fsp3) is 0.630. The first-order valence-corrected chi connectivity index (χ1v) is 12.4. The van der Waals surface area contributed by atoms with E-state index in [9.17, 15) is 9.90 Å². The zero-order chi connectivity index (χ0) is 22.6. The highest BCUT2D eigenvalue weighted by molar-refractivity contribution is 5.83. The molecule has 0 amide bonds. The normalized spacial score (nSPS) is 10.3. The van der Waals surface area contributed by atoms with Crippen molar-refractivity contribution in [2.75, 3.05) is 0 Å². The van der Waals surface area contributed by atoms with E-state index in [1.54, 1.807) is 18.3 Å². The first-order valence-electron chi connectivity index (χ1n) is 12.4. The molecule has 0 unspecified atom stereocenters. The highest BCUT2D eigenvalue weighted by Crippen LogP contribution is 2.20. The van der Waals surface area contributed by atoms with Crippen LogP contribution in [0.1, 0.15) is 110 Å². The highest BCUT2D eigenvalue weighted by Gasteiger charge is 1.97. The number of aromatic nitrogens is 1. The molecule has 32 heavy (non-hydrogen) atoms. The first kappa shape index (κ1) is 30.7. The lowest BCUT2D eigenvalue weighted by Crippen LogP contribution is -1.93. The van der Waals surface area contributed by atoms with E-state index in [-0.39, 0.29) is 28.8 Å². The first-order chi connectivity index (χ1) is 15.1. The number of phenols is 1. The Labute approximate surface area is 211 Å². The zero-order valence-corrected chi connectivity index (χ0v) is 19.5. The molecule has 0 fully saturated rings. The number of carboxylic acids is 1. The van der Waals surface area contributed by atoms with Crippen LogP contribution >= 0.6 is 0 Å². The Morgan fingerprint density at radius 1 is 0.750 bits per heavy atom. The standard InChI is InChI=1S/C18H36O2.C9H7NO.Mg.2H/c1-2-3-4-5-6-7-8-9-10-11-12-13-14-15-16-17-18(19)20;11-8-5-1-3-7-4-2-6-10-9(7)8;;;/h2-17H2,1H3,(H,19,20);1-6,11H;;;. The third-order valence-corrected chi connectivity index (χ3v) is 5.61. The minimum absolute atomic E-state index is 0. The molecule has 4 nitrogen and oxygen atoms in total. The molecule has 0 saturated carbocycles. The fourth-order valence-electron chi connectivity index (χ4n) is 3.74. The van der Waals surface area contributed by atoms with Gasteiger partial charge in [0.15, 0.2) is 0 Å². The summed E-state index contributed by atoms with van der Waals surface area (Å²) in [6.45, 7) is 2.27. The van der Waals surface area contributed by atoms with E-state index in [1.807, 2.05) is 18.2 Å². The summed E-state index contributed by atoms with van der Waals surface area (Å²) in [5.41, 5.74) is 0.662. The van der Waals surface area contributed by atoms with Gasteiger partial charge in [-0.15, -0.1) is 0 Å². The van der Waals surface area contributed by atoms with Gasteiger partial charge in [-0.2, -0.15) is 0 Å². The van der Waals surface area contributed by atoms with Crippen molar-refractivity contribution in [2.24, 2.45) is 0 Å². The van der Waals surface area contributed by atoms with E-state index in [2.05, 4.69) is 11.9 Å². The number of nitrogens with zero attached hydrogens (tertiary/aromatic N) is 1. The molecular weight excluding hydrogens is 411 g/mol. The monoisotopic (exact) mass is 455 g/mol. The molecule has 2 N–H and O–H groups in total.